The molecule has 3 aromatic rings. The van der Waals surface area contributed by atoms with Crippen LogP contribution in [0.2, 0.25) is 5.02 Å². The summed E-state index contributed by atoms with van der Waals surface area (Å²) in [6.07, 6.45) is 3.30. The molecule has 5 rings (SSSR count). The van der Waals surface area contributed by atoms with Crippen molar-refractivity contribution in [3.05, 3.63) is 58.1 Å². The van der Waals surface area contributed by atoms with E-state index in [-0.39, 0.29) is 24.4 Å². The van der Waals surface area contributed by atoms with Gasteiger partial charge in [-0.1, -0.05) is 56.5 Å². The predicted octanol–water partition coefficient (Wildman–Crippen LogP) is 5.71. The Morgan fingerprint density at radius 2 is 2.03 bits per heavy atom. The highest BCUT2D eigenvalue weighted by Crippen LogP contribution is 2.37. The highest BCUT2D eigenvalue weighted by molar-refractivity contribution is 7.17. The number of fused-ring (bicyclic) bond motifs is 3. The average Bonchev–Trinajstić information content (AvgIpc) is 3.38. The molecule has 174 valence electrons. The van der Waals surface area contributed by atoms with E-state index in [1.807, 2.05) is 53.3 Å². The second kappa shape index (κ2) is 8.48. The molecule has 2 amide bonds. The number of thiophene rings is 1. The molecule has 3 heterocycles. The summed E-state index contributed by atoms with van der Waals surface area (Å²) in [5.41, 5.74) is 1.46. The number of nitrogens with zero attached hydrogens (tertiary/aromatic N) is 2. The Kier molecular flexibility index (Phi) is 5.78. The Labute approximate surface area is 203 Å². The topological polar surface area (TPSA) is 54.3 Å². The minimum atomic E-state index is -1.03. The van der Waals surface area contributed by atoms with Gasteiger partial charge in [0.25, 0.3) is 5.91 Å². The van der Waals surface area contributed by atoms with Crippen molar-refractivity contribution in [2.45, 2.75) is 64.7 Å². The maximum Gasteiger partial charge on any atom is 0.271 e. The van der Waals surface area contributed by atoms with E-state index < -0.39 is 5.54 Å². The van der Waals surface area contributed by atoms with Gasteiger partial charge in [-0.15, -0.1) is 11.3 Å². The van der Waals surface area contributed by atoms with Gasteiger partial charge in [-0.2, -0.15) is 0 Å². The normalized spacial score (nSPS) is 27.6. The third-order valence-corrected chi connectivity index (χ3v) is 9.07. The molecule has 1 aliphatic heterocycles. The van der Waals surface area contributed by atoms with E-state index >= 15 is 0 Å². The first-order valence-corrected chi connectivity index (χ1v) is 13.0. The summed E-state index contributed by atoms with van der Waals surface area (Å²) in [6, 6.07) is 11.6. The highest BCUT2D eigenvalue weighted by atomic mass is 35.5. The summed E-state index contributed by atoms with van der Waals surface area (Å²) in [5, 5.41) is 5.98. The Bertz CT molecular complexity index is 1220. The van der Waals surface area contributed by atoms with Gasteiger partial charge in [0.15, 0.2) is 0 Å². The average molecular weight is 484 g/mol. The molecule has 1 N–H and O–H groups in total. The monoisotopic (exact) mass is 483 g/mol. The number of amides is 2. The Morgan fingerprint density at radius 3 is 2.82 bits per heavy atom. The number of hydrogen-bond acceptors (Lipinski definition) is 3. The third kappa shape index (κ3) is 3.77. The van der Waals surface area contributed by atoms with Crippen molar-refractivity contribution in [3.63, 3.8) is 0 Å². The van der Waals surface area contributed by atoms with Crippen LogP contribution in [0.1, 0.15) is 56.1 Å². The summed E-state index contributed by atoms with van der Waals surface area (Å²) in [6.45, 7) is 7.09. The van der Waals surface area contributed by atoms with Crippen molar-refractivity contribution in [1.82, 2.24) is 14.8 Å². The van der Waals surface area contributed by atoms with E-state index in [2.05, 4.69) is 19.2 Å². The molecule has 1 aromatic carbocycles. The van der Waals surface area contributed by atoms with Gasteiger partial charge in [0.05, 0.1) is 16.8 Å². The molecule has 2 aromatic heterocycles. The fourth-order valence-electron chi connectivity index (χ4n) is 5.43. The van der Waals surface area contributed by atoms with Gasteiger partial charge < -0.3 is 14.8 Å². The van der Waals surface area contributed by atoms with Crippen LogP contribution in [-0.4, -0.2) is 32.9 Å². The van der Waals surface area contributed by atoms with Crippen molar-refractivity contribution >= 4 is 45.0 Å². The zero-order valence-corrected chi connectivity index (χ0v) is 20.9. The second-order valence-corrected chi connectivity index (χ2v) is 11.2. The van der Waals surface area contributed by atoms with Crippen LogP contribution in [0.4, 0.5) is 0 Å². The largest absolute Gasteiger partial charge is 0.351 e. The van der Waals surface area contributed by atoms with Gasteiger partial charge in [0, 0.05) is 17.6 Å². The molecule has 33 heavy (non-hydrogen) atoms. The molecule has 5 nitrogen and oxygen atoms in total. The number of carbonyl (C=O) groups is 2. The fourth-order valence-corrected chi connectivity index (χ4v) is 6.45. The van der Waals surface area contributed by atoms with Crippen molar-refractivity contribution in [1.29, 1.82) is 0 Å². The minimum Gasteiger partial charge on any atom is -0.351 e. The SMILES string of the molecule is CC1CCCC(NC(=O)C2(C)Cn3c(cc4sccc43)C(=O)N2Cc2ccccc2Cl)C1C. The summed E-state index contributed by atoms with van der Waals surface area (Å²) < 4.78 is 3.08. The summed E-state index contributed by atoms with van der Waals surface area (Å²) >= 11 is 8.07. The number of hydrogen-bond donors (Lipinski definition) is 1. The predicted molar refractivity (Wildman–Crippen MR) is 134 cm³/mol. The number of carbonyl (C=O) groups excluding carboxylic acids is 2. The molecule has 0 saturated heterocycles. The minimum absolute atomic E-state index is 0.0865. The van der Waals surface area contributed by atoms with Crippen LogP contribution in [0.3, 0.4) is 0 Å². The summed E-state index contributed by atoms with van der Waals surface area (Å²) in [4.78, 5) is 29.5. The fraction of sp³-hybridized carbons (Fsp3) is 0.462. The standard InChI is InChI=1S/C26H30ClN3O2S/c1-16-7-6-10-20(17(16)2)28-25(32)26(3)15-29-21-11-12-33-23(21)13-22(29)24(31)30(26)14-18-8-4-5-9-19(18)27/h4-5,8-9,11-13,16-17,20H,6-7,10,14-15H2,1-3H3,(H,28,32). The Balaban J connectivity index is 1.54. The van der Waals surface area contributed by atoms with Crippen molar-refractivity contribution in [3.8, 4) is 0 Å². The molecule has 0 spiro atoms. The maximum absolute atomic E-state index is 13.9. The molecule has 1 fully saturated rings. The molecule has 4 atom stereocenters. The van der Waals surface area contributed by atoms with Crippen LogP contribution in [-0.2, 0) is 17.9 Å². The second-order valence-electron chi connectivity index (χ2n) is 9.89. The van der Waals surface area contributed by atoms with Crippen LogP contribution < -0.4 is 5.32 Å². The lowest BCUT2D eigenvalue weighted by Crippen LogP contribution is -2.65. The summed E-state index contributed by atoms with van der Waals surface area (Å²) in [5.74, 6) is 0.766. The van der Waals surface area contributed by atoms with E-state index in [9.17, 15) is 9.59 Å². The van der Waals surface area contributed by atoms with Crippen LogP contribution in [0.5, 0.6) is 0 Å². The number of nitrogens with one attached hydrogen (secondary N) is 1. The number of rotatable bonds is 4. The number of aromatic nitrogens is 1. The smallest absolute Gasteiger partial charge is 0.271 e. The van der Waals surface area contributed by atoms with Crippen molar-refractivity contribution < 1.29 is 9.59 Å². The number of halogens is 1. The zero-order chi connectivity index (χ0) is 23.3. The van der Waals surface area contributed by atoms with Gasteiger partial charge in [-0.25, -0.2) is 0 Å². The first kappa shape index (κ1) is 22.5. The van der Waals surface area contributed by atoms with Gasteiger partial charge in [-0.05, 0) is 54.3 Å². The van der Waals surface area contributed by atoms with Gasteiger partial charge in [-0.3, -0.25) is 9.59 Å². The van der Waals surface area contributed by atoms with E-state index in [4.69, 9.17) is 11.6 Å². The van der Waals surface area contributed by atoms with Gasteiger partial charge in [0.2, 0.25) is 5.91 Å². The lowest BCUT2D eigenvalue weighted by molar-refractivity contribution is -0.134. The molecule has 7 heteroatoms. The molecule has 1 saturated carbocycles. The molecule has 0 radical (unpaired) electrons. The Morgan fingerprint density at radius 1 is 1.24 bits per heavy atom. The quantitative estimate of drug-likeness (QED) is 0.516. The lowest BCUT2D eigenvalue weighted by Gasteiger charge is -2.45. The van der Waals surface area contributed by atoms with E-state index in [0.717, 1.165) is 28.6 Å². The van der Waals surface area contributed by atoms with Crippen molar-refractivity contribution in [2.24, 2.45) is 11.8 Å². The summed E-state index contributed by atoms with van der Waals surface area (Å²) in [7, 11) is 0. The first-order valence-electron chi connectivity index (χ1n) is 11.7. The molecule has 1 aliphatic carbocycles. The van der Waals surface area contributed by atoms with Crippen LogP contribution in [0, 0.1) is 11.8 Å². The van der Waals surface area contributed by atoms with Gasteiger partial charge in [0.1, 0.15) is 11.2 Å². The van der Waals surface area contributed by atoms with Crippen molar-refractivity contribution in [2.75, 3.05) is 0 Å². The highest BCUT2D eigenvalue weighted by Gasteiger charge is 2.48. The van der Waals surface area contributed by atoms with Crippen LogP contribution in [0.25, 0.3) is 10.2 Å². The molecule has 0 bridgehead atoms. The Hall–Kier alpha value is -2.31. The van der Waals surface area contributed by atoms with E-state index in [1.54, 1.807) is 16.2 Å². The maximum atomic E-state index is 13.9. The molecule has 4 unspecified atom stereocenters. The van der Waals surface area contributed by atoms with E-state index in [0.29, 0.717) is 29.1 Å². The van der Waals surface area contributed by atoms with E-state index in [1.165, 1.54) is 6.42 Å². The first-order chi connectivity index (χ1) is 15.8. The number of benzene rings is 1. The molecular weight excluding hydrogens is 454 g/mol. The molecular formula is C26H30ClN3O2S. The van der Waals surface area contributed by atoms with Crippen LogP contribution >= 0.6 is 22.9 Å². The molecule has 2 aliphatic rings. The van der Waals surface area contributed by atoms with Crippen LogP contribution in [0.15, 0.2) is 41.8 Å². The third-order valence-electron chi connectivity index (χ3n) is 7.85. The lowest BCUT2D eigenvalue weighted by atomic mass is 9.77. The zero-order valence-electron chi connectivity index (χ0n) is 19.3. The van der Waals surface area contributed by atoms with Gasteiger partial charge >= 0.3 is 0 Å².